The molecule has 1 saturated heterocycles. The van der Waals surface area contributed by atoms with E-state index in [9.17, 15) is 19.7 Å². The van der Waals surface area contributed by atoms with Crippen molar-refractivity contribution in [2.45, 2.75) is 6.42 Å². The Hall–Kier alpha value is -2.70. The highest BCUT2D eigenvalue weighted by molar-refractivity contribution is 6.04. The summed E-state index contributed by atoms with van der Waals surface area (Å²) in [5.74, 6) is -0.874. The summed E-state index contributed by atoms with van der Waals surface area (Å²) in [5.41, 5.74) is 0.0950. The fourth-order valence-corrected chi connectivity index (χ4v) is 2.27. The average molecular weight is 290 g/mol. The number of non-ortho nitro benzene ring substituents is 1. The molecule has 0 radical (unpaired) electrons. The number of nitrogens with zero attached hydrogens (tertiary/aromatic N) is 2. The van der Waals surface area contributed by atoms with Crippen molar-refractivity contribution in [1.82, 2.24) is 0 Å². The first kappa shape index (κ1) is 14.7. The van der Waals surface area contributed by atoms with E-state index in [1.807, 2.05) is 0 Å². The van der Waals surface area contributed by atoms with Gasteiger partial charge in [-0.05, 0) is 6.07 Å². The van der Waals surface area contributed by atoms with E-state index in [0.717, 1.165) is 6.07 Å². The first-order chi connectivity index (χ1) is 9.97. The molecule has 110 valence electrons. The fourth-order valence-electron chi connectivity index (χ4n) is 2.27. The van der Waals surface area contributed by atoms with Crippen molar-refractivity contribution in [3.63, 3.8) is 0 Å². The minimum Gasteiger partial charge on any atom is -0.465 e. The third kappa shape index (κ3) is 2.76. The Labute approximate surface area is 121 Å². The second kappa shape index (κ2) is 5.74. The number of carbonyl (C=O) groups excluding carboxylic acids is 2. The number of methoxy groups -OCH3 is 1. The fraction of sp³-hybridized carbons (Fsp3) is 0.286. The van der Waals surface area contributed by atoms with E-state index in [0.29, 0.717) is 18.7 Å². The molecule has 1 aromatic carbocycles. The predicted octanol–water partition coefficient (Wildman–Crippen LogP) is 1.92. The summed E-state index contributed by atoms with van der Waals surface area (Å²) in [6.45, 7) is 4.05. The van der Waals surface area contributed by atoms with Crippen LogP contribution in [0, 0.1) is 16.0 Å². The second-order valence-electron chi connectivity index (χ2n) is 4.65. The highest BCUT2D eigenvalue weighted by Gasteiger charge is 2.32. The van der Waals surface area contributed by atoms with E-state index in [4.69, 9.17) is 0 Å². The van der Waals surface area contributed by atoms with Gasteiger partial charge in [-0.3, -0.25) is 14.9 Å². The molecule has 21 heavy (non-hydrogen) atoms. The molecule has 0 bridgehead atoms. The van der Waals surface area contributed by atoms with Gasteiger partial charge in [-0.1, -0.05) is 6.08 Å². The highest BCUT2D eigenvalue weighted by atomic mass is 16.6. The molecule has 1 aliphatic heterocycles. The Bertz CT molecular complexity index is 626. The number of anilines is 1. The lowest BCUT2D eigenvalue weighted by atomic mass is 10.1. The largest absolute Gasteiger partial charge is 0.465 e. The van der Waals surface area contributed by atoms with Crippen molar-refractivity contribution in [2.75, 3.05) is 18.6 Å². The third-order valence-corrected chi connectivity index (χ3v) is 3.38. The first-order valence-corrected chi connectivity index (χ1v) is 6.27. The van der Waals surface area contributed by atoms with Crippen LogP contribution < -0.4 is 4.90 Å². The molecule has 1 aliphatic rings. The van der Waals surface area contributed by atoms with Gasteiger partial charge in [0.15, 0.2) is 0 Å². The van der Waals surface area contributed by atoms with E-state index in [-0.39, 0.29) is 23.1 Å². The van der Waals surface area contributed by atoms with Crippen LogP contribution in [0.5, 0.6) is 0 Å². The first-order valence-electron chi connectivity index (χ1n) is 6.27. The maximum Gasteiger partial charge on any atom is 0.340 e. The van der Waals surface area contributed by atoms with Crippen LogP contribution in [-0.2, 0) is 9.53 Å². The van der Waals surface area contributed by atoms with Crippen LogP contribution in [0.25, 0.3) is 0 Å². The van der Waals surface area contributed by atoms with Gasteiger partial charge in [-0.2, -0.15) is 0 Å². The van der Waals surface area contributed by atoms with E-state index >= 15 is 0 Å². The van der Waals surface area contributed by atoms with E-state index in [1.165, 1.54) is 24.1 Å². The van der Waals surface area contributed by atoms with Gasteiger partial charge in [-0.15, -0.1) is 6.58 Å². The van der Waals surface area contributed by atoms with Crippen LogP contribution in [0.3, 0.4) is 0 Å². The molecule has 7 nitrogen and oxygen atoms in total. The standard InChI is InChI=1S/C14H14N2O5/c1-3-9-6-13(17)15(8-9)12-5-4-10(16(19)20)7-11(12)14(18)21-2/h3-5,7,9H,1,6,8H2,2H3. The molecular weight excluding hydrogens is 276 g/mol. The van der Waals surface area contributed by atoms with Crippen LogP contribution in [-0.4, -0.2) is 30.5 Å². The minimum atomic E-state index is -0.719. The third-order valence-electron chi connectivity index (χ3n) is 3.38. The normalized spacial score (nSPS) is 17.7. The number of hydrogen-bond acceptors (Lipinski definition) is 5. The monoisotopic (exact) mass is 290 g/mol. The molecule has 0 saturated carbocycles. The molecule has 1 aromatic rings. The van der Waals surface area contributed by atoms with Gasteiger partial charge in [0.25, 0.3) is 5.69 Å². The number of hydrogen-bond donors (Lipinski definition) is 0. The molecule has 7 heteroatoms. The topological polar surface area (TPSA) is 89.8 Å². The minimum absolute atomic E-state index is 0.00168. The van der Waals surface area contributed by atoms with Crippen LogP contribution in [0.2, 0.25) is 0 Å². The number of carbonyl (C=O) groups is 2. The molecule has 1 atom stereocenters. The van der Waals surface area contributed by atoms with Gasteiger partial charge < -0.3 is 9.64 Å². The smallest absolute Gasteiger partial charge is 0.340 e. The van der Waals surface area contributed by atoms with Crippen molar-refractivity contribution >= 4 is 23.3 Å². The highest BCUT2D eigenvalue weighted by Crippen LogP contribution is 2.31. The van der Waals surface area contributed by atoms with Gasteiger partial charge in [-0.25, -0.2) is 4.79 Å². The number of nitro groups is 1. The lowest BCUT2D eigenvalue weighted by molar-refractivity contribution is -0.384. The van der Waals surface area contributed by atoms with Crippen LogP contribution in [0.15, 0.2) is 30.9 Å². The SMILES string of the molecule is C=CC1CC(=O)N(c2ccc([N+](=O)[O-])cc2C(=O)OC)C1. The summed E-state index contributed by atoms with van der Waals surface area (Å²) < 4.78 is 4.64. The quantitative estimate of drug-likeness (QED) is 0.366. The Morgan fingerprint density at radius 3 is 2.81 bits per heavy atom. The van der Waals surface area contributed by atoms with E-state index in [2.05, 4.69) is 11.3 Å². The average Bonchev–Trinajstić information content (AvgIpc) is 2.86. The number of ether oxygens (including phenoxy) is 1. The molecular formula is C14H14N2O5. The zero-order valence-corrected chi connectivity index (χ0v) is 11.4. The van der Waals surface area contributed by atoms with E-state index < -0.39 is 10.9 Å². The van der Waals surface area contributed by atoms with Crippen molar-refractivity contribution in [1.29, 1.82) is 0 Å². The molecule has 1 fully saturated rings. The molecule has 2 rings (SSSR count). The molecule has 0 spiro atoms. The zero-order chi connectivity index (χ0) is 15.6. The summed E-state index contributed by atoms with van der Waals surface area (Å²) >= 11 is 0. The van der Waals surface area contributed by atoms with Crippen molar-refractivity contribution < 1.29 is 19.2 Å². The van der Waals surface area contributed by atoms with Crippen LogP contribution >= 0.6 is 0 Å². The number of amides is 1. The van der Waals surface area contributed by atoms with Crippen LogP contribution in [0.1, 0.15) is 16.8 Å². The van der Waals surface area contributed by atoms with Gasteiger partial charge in [0, 0.05) is 31.0 Å². The molecule has 0 aromatic heterocycles. The maximum atomic E-state index is 12.0. The molecule has 1 heterocycles. The lowest BCUT2D eigenvalue weighted by Gasteiger charge is -2.19. The Balaban J connectivity index is 2.48. The Morgan fingerprint density at radius 2 is 2.29 bits per heavy atom. The molecule has 0 aliphatic carbocycles. The predicted molar refractivity (Wildman–Crippen MR) is 75.1 cm³/mol. The van der Waals surface area contributed by atoms with Crippen molar-refractivity contribution in [3.05, 3.63) is 46.5 Å². The molecule has 0 N–H and O–H groups in total. The maximum absolute atomic E-state index is 12.0. The molecule has 1 amide bonds. The van der Waals surface area contributed by atoms with Crippen molar-refractivity contribution in [3.8, 4) is 0 Å². The van der Waals surface area contributed by atoms with Gasteiger partial charge >= 0.3 is 5.97 Å². The summed E-state index contributed by atoms with van der Waals surface area (Å²) in [6, 6.07) is 3.78. The number of benzene rings is 1. The van der Waals surface area contributed by atoms with E-state index in [1.54, 1.807) is 6.08 Å². The number of esters is 1. The van der Waals surface area contributed by atoms with Crippen LogP contribution in [0.4, 0.5) is 11.4 Å². The van der Waals surface area contributed by atoms with Gasteiger partial charge in [0.1, 0.15) is 0 Å². The lowest BCUT2D eigenvalue weighted by Crippen LogP contribution is -2.26. The Morgan fingerprint density at radius 1 is 1.57 bits per heavy atom. The van der Waals surface area contributed by atoms with Gasteiger partial charge in [0.2, 0.25) is 5.91 Å². The molecule has 1 unspecified atom stereocenters. The summed E-state index contributed by atoms with van der Waals surface area (Å²) in [6.07, 6.45) is 1.99. The summed E-state index contributed by atoms with van der Waals surface area (Å²) in [4.78, 5) is 35.5. The zero-order valence-electron chi connectivity index (χ0n) is 11.4. The number of rotatable bonds is 4. The Kier molecular flexibility index (Phi) is 4.02. The van der Waals surface area contributed by atoms with Gasteiger partial charge in [0.05, 0.1) is 23.3 Å². The van der Waals surface area contributed by atoms with Crippen molar-refractivity contribution in [2.24, 2.45) is 5.92 Å². The number of nitro benzene ring substituents is 1. The second-order valence-corrected chi connectivity index (χ2v) is 4.65. The summed E-state index contributed by atoms with van der Waals surface area (Å²) in [5, 5.41) is 10.8. The summed E-state index contributed by atoms with van der Waals surface area (Å²) in [7, 11) is 1.18.